The second kappa shape index (κ2) is 8.49. The van der Waals surface area contributed by atoms with E-state index in [2.05, 4.69) is 24.7 Å². The normalized spacial score (nSPS) is 12.1. The lowest BCUT2D eigenvalue weighted by molar-refractivity contribution is -0.384. The first kappa shape index (κ1) is 20.0. The molecule has 0 saturated heterocycles. The molecular formula is C21H25N3O3Si. The van der Waals surface area contributed by atoms with E-state index in [-0.39, 0.29) is 17.3 Å². The molecule has 146 valence electrons. The van der Waals surface area contributed by atoms with E-state index in [0.717, 1.165) is 22.7 Å². The minimum absolute atomic E-state index is 0.0503. The van der Waals surface area contributed by atoms with E-state index >= 15 is 0 Å². The number of hydrogen-bond acceptors (Lipinski definition) is 4. The van der Waals surface area contributed by atoms with E-state index in [9.17, 15) is 10.1 Å². The maximum atomic E-state index is 11.2. The third-order valence-electron chi connectivity index (χ3n) is 4.42. The third kappa shape index (κ3) is 5.14. The highest BCUT2D eigenvalue weighted by molar-refractivity contribution is 6.76. The Morgan fingerprint density at radius 1 is 1.14 bits per heavy atom. The Morgan fingerprint density at radius 2 is 1.89 bits per heavy atom. The van der Waals surface area contributed by atoms with Crippen LogP contribution < -0.4 is 0 Å². The fourth-order valence-electron chi connectivity index (χ4n) is 2.79. The van der Waals surface area contributed by atoms with Crippen LogP contribution in [0, 0.1) is 10.1 Å². The molecule has 0 bridgehead atoms. The van der Waals surface area contributed by atoms with Crippen molar-refractivity contribution in [1.29, 1.82) is 0 Å². The van der Waals surface area contributed by atoms with Crippen molar-refractivity contribution in [3.8, 4) is 0 Å². The topological polar surface area (TPSA) is 70.2 Å². The minimum Gasteiger partial charge on any atom is -0.360 e. The van der Waals surface area contributed by atoms with Crippen molar-refractivity contribution in [1.82, 2.24) is 9.78 Å². The number of benzene rings is 2. The predicted molar refractivity (Wildman–Crippen MR) is 116 cm³/mol. The summed E-state index contributed by atoms with van der Waals surface area (Å²) < 4.78 is 7.53. The number of aromatic nitrogens is 2. The average molecular weight is 396 g/mol. The van der Waals surface area contributed by atoms with E-state index in [1.165, 1.54) is 6.07 Å². The number of rotatable bonds is 8. The van der Waals surface area contributed by atoms with Crippen molar-refractivity contribution in [3.63, 3.8) is 0 Å². The molecule has 0 fully saturated rings. The number of nitrogens with zero attached hydrogens (tertiary/aromatic N) is 3. The molecule has 3 aromatic rings. The van der Waals surface area contributed by atoms with Gasteiger partial charge >= 0.3 is 0 Å². The molecule has 0 aliphatic carbocycles. The fourth-order valence-corrected chi connectivity index (χ4v) is 3.55. The first-order valence-corrected chi connectivity index (χ1v) is 13.0. The van der Waals surface area contributed by atoms with Gasteiger partial charge in [-0.2, -0.15) is 5.10 Å². The van der Waals surface area contributed by atoms with Gasteiger partial charge in [0.1, 0.15) is 6.73 Å². The second-order valence-electron chi connectivity index (χ2n) is 7.94. The molecule has 0 amide bonds. The molecule has 0 unspecified atom stereocenters. The summed E-state index contributed by atoms with van der Waals surface area (Å²) in [6.45, 7) is 7.85. The van der Waals surface area contributed by atoms with Crippen LogP contribution in [0.3, 0.4) is 0 Å². The highest BCUT2D eigenvalue weighted by Gasteiger charge is 2.15. The molecule has 1 heterocycles. The van der Waals surface area contributed by atoms with Gasteiger partial charge in [0.05, 0.1) is 16.1 Å². The van der Waals surface area contributed by atoms with Crippen LogP contribution in [0.15, 0.2) is 48.5 Å². The fraction of sp³-hybridized carbons (Fsp3) is 0.286. The number of non-ortho nitro benzene ring substituents is 1. The number of nitro groups is 1. The molecule has 0 saturated carbocycles. The summed E-state index contributed by atoms with van der Waals surface area (Å²) in [6, 6.07) is 15.8. The van der Waals surface area contributed by atoms with Crippen molar-refractivity contribution >= 4 is 36.8 Å². The van der Waals surface area contributed by atoms with Crippen LogP contribution in [0.2, 0.25) is 25.7 Å². The van der Waals surface area contributed by atoms with E-state index in [1.54, 1.807) is 16.8 Å². The lowest BCUT2D eigenvalue weighted by Crippen LogP contribution is -2.22. The standard InChI is InChI=1S/C21H25N3O3Si/c1-28(2,3)14-13-27-16-23-21-15-18(24(25)26)10-11-19(21)20(22-23)12-9-17-7-5-4-6-8-17/h4-12,15H,13-14,16H2,1-3H3. The van der Waals surface area contributed by atoms with Crippen LogP contribution in [0.25, 0.3) is 23.1 Å². The van der Waals surface area contributed by atoms with Gasteiger partial charge in [0.25, 0.3) is 5.69 Å². The van der Waals surface area contributed by atoms with Crippen LogP contribution in [0.5, 0.6) is 0 Å². The highest BCUT2D eigenvalue weighted by atomic mass is 28.3. The lowest BCUT2D eigenvalue weighted by Gasteiger charge is -2.15. The zero-order valence-corrected chi connectivity index (χ0v) is 17.5. The molecule has 0 atom stereocenters. The van der Waals surface area contributed by atoms with Crippen molar-refractivity contribution in [2.24, 2.45) is 0 Å². The summed E-state index contributed by atoms with van der Waals surface area (Å²) in [5.41, 5.74) is 2.59. The maximum Gasteiger partial charge on any atom is 0.271 e. The molecule has 1 aromatic heterocycles. The monoisotopic (exact) mass is 395 g/mol. The zero-order valence-electron chi connectivity index (χ0n) is 16.5. The summed E-state index contributed by atoms with van der Waals surface area (Å²) in [5.74, 6) is 0. The summed E-state index contributed by atoms with van der Waals surface area (Å²) >= 11 is 0. The number of nitro benzene ring substituents is 1. The molecule has 6 nitrogen and oxygen atoms in total. The van der Waals surface area contributed by atoms with Gasteiger partial charge in [0, 0.05) is 32.2 Å². The van der Waals surface area contributed by atoms with Crippen LogP contribution in [-0.4, -0.2) is 29.4 Å². The number of ether oxygens (including phenoxy) is 1. The van der Waals surface area contributed by atoms with Gasteiger partial charge < -0.3 is 4.74 Å². The van der Waals surface area contributed by atoms with Gasteiger partial charge in [-0.3, -0.25) is 10.1 Å². The van der Waals surface area contributed by atoms with Gasteiger partial charge in [0.2, 0.25) is 0 Å². The van der Waals surface area contributed by atoms with Crippen LogP contribution >= 0.6 is 0 Å². The Kier molecular flexibility index (Phi) is 6.06. The summed E-state index contributed by atoms with van der Waals surface area (Å²) in [6.07, 6.45) is 3.92. The van der Waals surface area contributed by atoms with Crippen LogP contribution in [-0.2, 0) is 11.5 Å². The van der Waals surface area contributed by atoms with Crippen molar-refractivity contribution in [3.05, 3.63) is 69.9 Å². The average Bonchev–Trinajstić information content (AvgIpc) is 3.01. The zero-order chi connectivity index (χ0) is 20.1. The van der Waals surface area contributed by atoms with Gasteiger partial charge in [-0.1, -0.05) is 56.0 Å². The van der Waals surface area contributed by atoms with E-state index in [1.807, 2.05) is 42.5 Å². The van der Waals surface area contributed by atoms with Crippen LogP contribution in [0.1, 0.15) is 11.3 Å². The smallest absolute Gasteiger partial charge is 0.271 e. The van der Waals surface area contributed by atoms with Crippen molar-refractivity contribution in [2.45, 2.75) is 32.4 Å². The Hall–Kier alpha value is -2.77. The highest BCUT2D eigenvalue weighted by Crippen LogP contribution is 2.25. The van der Waals surface area contributed by atoms with Crippen molar-refractivity contribution < 1.29 is 9.66 Å². The molecule has 0 aliphatic rings. The van der Waals surface area contributed by atoms with E-state index in [4.69, 9.17) is 4.74 Å². The Bertz CT molecular complexity index is 991. The summed E-state index contributed by atoms with van der Waals surface area (Å²) in [7, 11) is -1.17. The molecule has 2 aromatic carbocycles. The molecule has 28 heavy (non-hydrogen) atoms. The molecular weight excluding hydrogens is 370 g/mol. The Morgan fingerprint density at radius 3 is 2.57 bits per heavy atom. The van der Waals surface area contributed by atoms with Gasteiger partial charge in [0.15, 0.2) is 0 Å². The van der Waals surface area contributed by atoms with Gasteiger partial charge in [-0.25, -0.2) is 4.68 Å². The predicted octanol–water partition coefficient (Wildman–Crippen LogP) is 5.43. The minimum atomic E-state index is -1.17. The Labute approximate surface area is 165 Å². The molecule has 0 spiro atoms. The SMILES string of the molecule is C[Si](C)(C)CCOCn1nc(C=Cc2ccccc2)c2ccc([N+](=O)[O-])cc21. The molecule has 0 radical (unpaired) electrons. The number of fused-ring (bicyclic) bond motifs is 1. The van der Waals surface area contributed by atoms with E-state index < -0.39 is 8.07 Å². The maximum absolute atomic E-state index is 11.2. The number of hydrogen-bond donors (Lipinski definition) is 0. The van der Waals surface area contributed by atoms with Gasteiger partial charge in [-0.15, -0.1) is 0 Å². The largest absolute Gasteiger partial charge is 0.360 e. The molecule has 7 heteroatoms. The first-order chi connectivity index (χ1) is 13.3. The quantitative estimate of drug-likeness (QED) is 0.221. The van der Waals surface area contributed by atoms with Crippen LogP contribution in [0.4, 0.5) is 5.69 Å². The molecule has 0 aliphatic heterocycles. The third-order valence-corrected chi connectivity index (χ3v) is 6.12. The molecule has 3 rings (SSSR count). The lowest BCUT2D eigenvalue weighted by atomic mass is 10.1. The van der Waals surface area contributed by atoms with E-state index in [0.29, 0.717) is 12.1 Å². The van der Waals surface area contributed by atoms with Crippen molar-refractivity contribution in [2.75, 3.05) is 6.61 Å². The van der Waals surface area contributed by atoms with Gasteiger partial charge in [-0.05, 0) is 23.7 Å². The molecule has 0 N–H and O–H groups in total. The summed E-state index contributed by atoms with van der Waals surface area (Å²) in [5, 5.41) is 16.7. The Balaban J connectivity index is 1.89. The summed E-state index contributed by atoms with van der Waals surface area (Å²) in [4.78, 5) is 10.8. The second-order valence-corrected chi connectivity index (χ2v) is 13.6. The first-order valence-electron chi connectivity index (χ1n) is 9.29.